The van der Waals surface area contributed by atoms with Crippen LogP contribution in [0.1, 0.15) is 28.8 Å². The van der Waals surface area contributed by atoms with E-state index in [4.69, 9.17) is 4.84 Å². The van der Waals surface area contributed by atoms with Crippen molar-refractivity contribution in [2.45, 2.75) is 31.2 Å². The summed E-state index contributed by atoms with van der Waals surface area (Å²) >= 11 is 0. The SMILES string of the molecule is c1ccc(CN2O[C@@H]3Cn4c(cc5ccccc54)[C@H]2[C@H]3c2ccccc2)cc1. The summed E-state index contributed by atoms with van der Waals surface area (Å²) in [6.07, 6.45) is 0.152. The summed E-state index contributed by atoms with van der Waals surface area (Å²) in [7, 11) is 0. The van der Waals surface area contributed by atoms with Crippen LogP contribution in [-0.4, -0.2) is 15.7 Å². The first-order valence-electron chi connectivity index (χ1n) is 9.99. The molecule has 4 aromatic rings. The molecule has 0 radical (unpaired) electrons. The average Bonchev–Trinajstić information content (AvgIpc) is 3.25. The van der Waals surface area contributed by atoms with Gasteiger partial charge < -0.3 is 4.57 Å². The second-order valence-electron chi connectivity index (χ2n) is 7.82. The van der Waals surface area contributed by atoms with Crippen LogP contribution < -0.4 is 0 Å². The van der Waals surface area contributed by atoms with E-state index in [0.29, 0.717) is 5.92 Å². The Labute approximate surface area is 164 Å². The third-order valence-corrected chi connectivity index (χ3v) is 6.20. The molecule has 3 atom stereocenters. The molecule has 0 unspecified atom stereocenters. The van der Waals surface area contributed by atoms with E-state index >= 15 is 0 Å². The maximum Gasteiger partial charge on any atom is 0.106 e. The number of nitrogens with zero attached hydrogens (tertiary/aromatic N) is 2. The molecule has 1 fully saturated rings. The Bertz CT molecular complexity index is 1120. The minimum absolute atomic E-state index is 0.152. The molecule has 2 aliphatic rings. The van der Waals surface area contributed by atoms with Crippen molar-refractivity contribution < 1.29 is 4.84 Å². The highest BCUT2D eigenvalue weighted by Crippen LogP contribution is 2.51. The summed E-state index contributed by atoms with van der Waals surface area (Å²) in [6.45, 7) is 1.69. The van der Waals surface area contributed by atoms with Crippen molar-refractivity contribution in [2.75, 3.05) is 0 Å². The van der Waals surface area contributed by atoms with Gasteiger partial charge in [0.25, 0.3) is 0 Å². The Morgan fingerprint density at radius 2 is 1.54 bits per heavy atom. The van der Waals surface area contributed by atoms with Crippen LogP contribution in [0.15, 0.2) is 91.0 Å². The van der Waals surface area contributed by atoms with E-state index in [1.54, 1.807) is 0 Å². The maximum absolute atomic E-state index is 6.56. The Balaban J connectivity index is 1.48. The summed E-state index contributed by atoms with van der Waals surface area (Å²) in [5.41, 5.74) is 5.32. The standard InChI is InChI=1S/C25H22N2O/c1-3-9-18(10-4-1)16-27-25-22-15-20-13-7-8-14-21(20)26(22)17-23(28-27)24(25)19-11-5-2-6-12-19/h1-15,23-25H,16-17H2/t23-,24+,25+/m1/s1. The van der Waals surface area contributed by atoms with E-state index < -0.39 is 0 Å². The zero-order chi connectivity index (χ0) is 18.5. The van der Waals surface area contributed by atoms with Gasteiger partial charge in [-0.3, -0.25) is 4.84 Å². The summed E-state index contributed by atoms with van der Waals surface area (Å²) in [5, 5.41) is 3.53. The molecule has 0 N–H and O–H groups in total. The molecule has 6 rings (SSSR count). The van der Waals surface area contributed by atoms with Crippen LogP contribution in [0.25, 0.3) is 10.9 Å². The normalized spacial score (nSPS) is 23.8. The lowest BCUT2D eigenvalue weighted by molar-refractivity contribution is -0.167. The van der Waals surface area contributed by atoms with Gasteiger partial charge in [-0.05, 0) is 28.6 Å². The van der Waals surface area contributed by atoms with Crippen molar-refractivity contribution >= 4 is 10.9 Å². The van der Waals surface area contributed by atoms with Gasteiger partial charge in [-0.25, -0.2) is 0 Å². The average molecular weight is 366 g/mol. The zero-order valence-corrected chi connectivity index (χ0v) is 15.6. The molecule has 28 heavy (non-hydrogen) atoms. The minimum Gasteiger partial charge on any atom is -0.340 e. The fourth-order valence-corrected chi connectivity index (χ4v) is 5.00. The second kappa shape index (κ2) is 6.33. The molecule has 3 heteroatoms. The van der Waals surface area contributed by atoms with Crippen LogP contribution >= 0.6 is 0 Å². The lowest BCUT2D eigenvalue weighted by Gasteiger charge is -2.31. The maximum atomic E-state index is 6.56. The molecule has 2 aliphatic heterocycles. The van der Waals surface area contributed by atoms with Crippen molar-refractivity contribution in [1.82, 2.24) is 9.63 Å². The summed E-state index contributed by atoms with van der Waals surface area (Å²) in [4.78, 5) is 6.56. The minimum atomic E-state index is 0.152. The lowest BCUT2D eigenvalue weighted by Crippen LogP contribution is -2.30. The highest BCUT2D eigenvalue weighted by Gasteiger charge is 2.49. The highest BCUT2D eigenvalue weighted by atomic mass is 16.7. The number of rotatable bonds is 3. The van der Waals surface area contributed by atoms with E-state index in [1.807, 2.05) is 0 Å². The lowest BCUT2D eigenvalue weighted by atomic mass is 9.83. The largest absolute Gasteiger partial charge is 0.340 e. The fourth-order valence-electron chi connectivity index (χ4n) is 5.00. The predicted molar refractivity (Wildman–Crippen MR) is 111 cm³/mol. The van der Waals surface area contributed by atoms with Gasteiger partial charge in [0.2, 0.25) is 0 Å². The van der Waals surface area contributed by atoms with E-state index in [2.05, 4.69) is 101 Å². The van der Waals surface area contributed by atoms with Crippen LogP contribution in [0.2, 0.25) is 0 Å². The second-order valence-corrected chi connectivity index (χ2v) is 7.82. The van der Waals surface area contributed by atoms with Crippen LogP contribution in [0.4, 0.5) is 0 Å². The number of para-hydroxylation sites is 1. The number of aromatic nitrogens is 1. The molecule has 1 saturated heterocycles. The van der Waals surface area contributed by atoms with Crippen molar-refractivity contribution in [3.63, 3.8) is 0 Å². The van der Waals surface area contributed by atoms with Crippen molar-refractivity contribution in [3.8, 4) is 0 Å². The predicted octanol–water partition coefficient (Wildman–Crippen LogP) is 5.30. The van der Waals surface area contributed by atoms with Crippen LogP contribution in [0.3, 0.4) is 0 Å². The zero-order valence-electron chi connectivity index (χ0n) is 15.6. The monoisotopic (exact) mass is 366 g/mol. The van der Waals surface area contributed by atoms with E-state index in [9.17, 15) is 0 Å². The molecule has 0 amide bonds. The Morgan fingerprint density at radius 3 is 2.36 bits per heavy atom. The number of hydrogen-bond donors (Lipinski definition) is 0. The third kappa shape index (κ3) is 2.44. The number of benzene rings is 3. The highest BCUT2D eigenvalue weighted by molar-refractivity contribution is 5.81. The summed E-state index contributed by atoms with van der Waals surface area (Å²) in [6, 6.07) is 32.8. The number of hydrogen-bond acceptors (Lipinski definition) is 2. The molecule has 0 aliphatic carbocycles. The first-order valence-corrected chi connectivity index (χ1v) is 9.99. The molecule has 0 spiro atoms. The Hall–Kier alpha value is -2.88. The molecule has 2 bridgehead atoms. The van der Waals surface area contributed by atoms with E-state index in [-0.39, 0.29) is 12.1 Å². The van der Waals surface area contributed by atoms with Gasteiger partial charge in [0.15, 0.2) is 0 Å². The van der Waals surface area contributed by atoms with E-state index in [1.165, 1.54) is 27.7 Å². The van der Waals surface area contributed by atoms with Crippen molar-refractivity contribution in [3.05, 3.63) is 108 Å². The van der Waals surface area contributed by atoms with Gasteiger partial charge in [-0.2, -0.15) is 5.06 Å². The third-order valence-electron chi connectivity index (χ3n) is 6.20. The molecule has 3 aromatic carbocycles. The van der Waals surface area contributed by atoms with Crippen LogP contribution in [0.5, 0.6) is 0 Å². The van der Waals surface area contributed by atoms with Gasteiger partial charge in [0.05, 0.1) is 12.6 Å². The van der Waals surface area contributed by atoms with Crippen LogP contribution in [0, 0.1) is 0 Å². The van der Waals surface area contributed by atoms with Gasteiger partial charge in [-0.1, -0.05) is 78.9 Å². The van der Waals surface area contributed by atoms with Gasteiger partial charge in [0, 0.05) is 23.7 Å². The van der Waals surface area contributed by atoms with Crippen LogP contribution in [-0.2, 0) is 17.9 Å². The van der Waals surface area contributed by atoms with Gasteiger partial charge in [-0.15, -0.1) is 0 Å². The molecule has 138 valence electrons. The Morgan fingerprint density at radius 1 is 0.821 bits per heavy atom. The molecular weight excluding hydrogens is 344 g/mol. The number of fused-ring (bicyclic) bond motifs is 6. The fraction of sp³-hybridized carbons (Fsp3) is 0.200. The molecule has 1 aromatic heterocycles. The molecule has 0 saturated carbocycles. The number of hydroxylamine groups is 2. The Kier molecular flexibility index (Phi) is 3.64. The topological polar surface area (TPSA) is 17.4 Å². The first kappa shape index (κ1) is 16.1. The smallest absolute Gasteiger partial charge is 0.106 e. The quantitative estimate of drug-likeness (QED) is 0.490. The van der Waals surface area contributed by atoms with E-state index in [0.717, 1.165) is 13.1 Å². The van der Waals surface area contributed by atoms with Gasteiger partial charge in [0.1, 0.15) is 6.10 Å². The molecular formula is C25H22N2O. The van der Waals surface area contributed by atoms with Crippen molar-refractivity contribution in [2.24, 2.45) is 0 Å². The summed E-state index contributed by atoms with van der Waals surface area (Å²) in [5.74, 6) is 0.349. The van der Waals surface area contributed by atoms with Gasteiger partial charge >= 0.3 is 0 Å². The van der Waals surface area contributed by atoms with Crippen molar-refractivity contribution in [1.29, 1.82) is 0 Å². The molecule has 3 heterocycles. The first-order chi connectivity index (χ1) is 13.9. The summed E-state index contributed by atoms with van der Waals surface area (Å²) < 4.78 is 2.47. The molecule has 3 nitrogen and oxygen atoms in total.